The predicted molar refractivity (Wildman–Crippen MR) is 62.9 cm³/mol. The van der Waals surface area contributed by atoms with Gasteiger partial charge in [-0.2, -0.15) is 0 Å². The van der Waals surface area contributed by atoms with Crippen LogP contribution in [-0.4, -0.2) is 17.0 Å². The molecule has 1 unspecified atom stereocenters. The fourth-order valence-corrected chi connectivity index (χ4v) is 2.33. The lowest BCUT2D eigenvalue weighted by atomic mass is 10.3. The highest BCUT2D eigenvalue weighted by Crippen LogP contribution is 2.28. The number of halogens is 1. The molecule has 0 bridgehead atoms. The lowest BCUT2D eigenvalue weighted by Gasteiger charge is -2.06. The summed E-state index contributed by atoms with van der Waals surface area (Å²) in [6.45, 7) is 1.78. The Morgan fingerprint density at radius 2 is 2.29 bits per heavy atom. The van der Waals surface area contributed by atoms with Gasteiger partial charge in [-0.25, -0.2) is 0 Å². The number of aliphatic hydroxyl groups is 1. The van der Waals surface area contributed by atoms with Gasteiger partial charge in [0, 0.05) is 21.4 Å². The number of thioether (sulfide) groups is 1. The molecular weight excluding hydrogens is 218 g/mol. The Bertz CT molecular complexity index is 304. The van der Waals surface area contributed by atoms with Crippen molar-refractivity contribution in [2.75, 3.05) is 11.5 Å². The minimum Gasteiger partial charge on any atom is -0.398 e. The Hall–Kier alpha value is -0.380. The molecule has 1 aromatic carbocycles. The Morgan fingerprint density at radius 3 is 2.93 bits per heavy atom. The number of anilines is 1. The normalized spacial score (nSPS) is 12.8. The molecule has 1 atom stereocenters. The highest BCUT2D eigenvalue weighted by Gasteiger charge is 2.02. The number of nitrogens with two attached hydrogens (primary N) is 1. The highest BCUT2D eigenvalue weighted by molar-refractivity contribution is 7.99. The van der Waals surface area contributed by atoms with Gasteiger partial charge in [-0.15, -0.1) is 11.8 Å². The third-order valence-corrected chi connectivity index (χ3v) is 3.11. The van der Waals surface area contributed by atoms with E-state index in [1.54, 1.807) is 30.8 Å². The van der Waals surface area contributed by atoms with Gasteiger partial charge in [-0.1, -0.05) is 11.6 Å². The van der Waals surface area contributed by atoms with Crippen molar-refractivity contribution in [2.24, 2.45) is 0 Å². The van der Waals surface area contributed by atoms with Crippen molar-refractivity contribution in [1.29, 1.82) is 0 Å². The third kappa shape index (κ3) is 3.78. The molecule has 0 radical (unpaired) electrons. The molecule has 4 heteroatoms. The zero-order valence-corrected chi connectivity index (χ0v) is 9.61. The second kappa shape index (κ2) is 5.49. The summed E-state index contributed by atoms with van der Waals surface area (Å²) in [5, 5.41) is 9.78. The summed E-state index contributed by atoms with van der Waals surface area (Å²) in [5.41, 5.74) is 6.51. The van der Waals surface area contributed by atoms with E-state index in [0.29, 0.717) is 5.02 Å². The molecule has 0 fully saturated rings. The van der Waals surface area contributed by atoms with Gasteiger partial charge >= 0.3 is 0 Å². The minimum absolute atomic E-state index is 0.261. The van der Waals surface area contributed by atoms with Gasteiger partial charge in [-0.3, -0.25) is 0 Å². The van der Waals surface area contributed by atoms with Crippen LogP contribution in [0.25, 0.3) is 0 Å². The smallest absolute Gasteiger partial charge is 0.0520 e. The maximum Gasteiger partial charge on any atom is 0.0520 e. The molecule has 0 amide bonds. The molecule has 2 nitrogen and oxygen atoms in total. The molecule has 1 rings (SSSR count). The van der Waals surface area contributed by atoms with Crippen LogP contribution >= 0.6 is 23.4 Å². The fraction of sp³-hybridized carbons (Fsp3) is 0.400. The van der Waals surface area contributed by atoms with Crippen LogP contribution in [0, 0.1) is 0 Å². The Kier molecular flexibility index (Phi) is 4.58. The number of benzene rings is 1. The molecule has 14 heavy (non-hydrogen) atoms. The second-order valence-electron chi connectivity index (χ2n) is 3.17. The quantitative estimate of drug-likeness (QED) is 0.619. The molecule has 0 heterocycles. The highest BCUT2D eigenvalue weighted by atomic mass is 35.5. The van der Waals surface area contributed by atoms with E-state index >= 15 is 0 Å². The maximum atomic E-state index is 9.08. The zero-order valence-electron chi connectivity index (χ0n) is 8.03. The summed E-state index contributed by atoms with van der Waals surface area (Å²) < 4.78 is 0. The van der Waals surface area contributed by atoms with E-state index < -0.39 is 0 Å². The van der Waals surface area contributed by atoms with E-state index in [-0.39, 0.29) is 6.10 Å². The first-order valence-corrected chi connectivity index (χ1v) is 5.82. The summed E-state index contributed by atoms with van der Waals surface area (Å²) in [6.07, 6.45) is 0.499. The summed E-state index contributed by atoms with van der Waals surface area (Å²) in [6, 6.07) is 5.42. The first kappa shape index (κ1) is 11.7. The van der Waals surface area contributed by atoms with Crippen LogP contribution in [0.3, 0.4) is 0 Å². The molecule has 1 aromatic rings. The molecule has 0 aromatic heterocycles. The maximum absolute atomic E-state index is 9.08. The summed E-state index contributed by atoms with van der Waals surface area (Å²) >= 11 is 7.46. The first-order valence-electron chi connectivity index (χ1n) is 4.45. The van der Waals surface area contributed by atoms with Gasteiger partial charge in [-0.05, 0) is 31.5 Å². The molecule has 78 valence electrons. The summed E-state index contributed by atoms with van der Waals surface area (Å²) in [5.74, 6) is 0.849. The average molecular weight is 232 g/mol. The van der Waals surface area contributed by atoms with Crippen molar-refractivity contribution in [2.45, 2.75) is 24.3 Å². The largest absolute Gasteiger partial charge is 0.398 e. The summed E-state index contributed by atoms with van der Waals surface area (Å²) in [4.78, 5) is 0.984. The number of hydrogen-bond donors (Lipinski definition) is 2. The minimum atomic E-state index is -0.261. The standard InChI is InChI=1S/C10H14ClNOS/c1-7(13)4-5-14-10-6-8(11)2-3-9(10)12/h2-3,6-7,13H,4-5,12H2,1H3. The summed E-state index contributed by atoms with van der Waals surface area (Å²) in [7, 11) is 0. The monoisotopic (exact) mass is 231 g/mol. The van der Waals surface area contributed by atoms with Crippen LogP contribution in [0.2, 0.25) is 5.02 Å². The SMILES string of the molecule is CC(O)CCSc1cc(Cl)ccc1N. The third-order valence-electron chi connectivity index (χ3n) is 1.77. The Labute approximate surface area is 93.5 Å². The van der Waals surface area contributed by atoms with Crippen molar-refractivity contribution < 1.29 is 5.11 Å². The van der Waals surface area contributed by atoms with Crippen LogP contribution in [0.1, 0.15) is 13.3 Å². The van der Waals surface area contributed by atoms with Gasteiger partial charge in [0.2, 0.25) is 0 Å². The van der Waals surface area contributed by atoms with Gasteiger partial charge in [0.15, 0.2) is 0 Å². The Balaban J connectivity index is 2.53. The van der Waals surface area contributed by atoms with Crippen molar-refractivity contribution in [3.8, 4) is 0 Å². The van der Waals surface area contributed by atoms with E-state index in [9.17, 15) is 0 Å². The zero-order chi connectivity index (χ0) is 10.6. The predicted octanol–water partition coefficient (Wildman–Crippen LogP) is 2.79. The van der Waals surface area contributed by atoms with E-state index in [4.69, 9.17) is 22.4 Å². The van der Waals surface area contributed by atoms with E-state index in [1.165, 1.54) is 0 Å². The number of rotatable bonds is 4. The first-order chi connectivity index (χ1) is 6.59. The van der Waals surface area contributed by atoms with Crippen LogP contribution in [-0.2, 0) is 0 Å². The molecule has 0 aliphatic rings. The van der Waals surface area contributed by atoms with Crippen LogP contribution in [0.15, 0.2) is 23.1 Å². The average Bonchev–Trinajstić information content (AvgIpc) is 2.10. The topological polar surface area (TPSA) is 46.2 Å². The molecule has 0 aliphatic heterocycles. The number of aliphatic hydroxyl groups excluding tert-OH is 1. The molecule has 0 saturated heterocycles. The Morgan fingerprint density at radius 1 is 1.57 bits per heavy atom. The van der Waals surface area contributed by atoms with Gasteiger partial charge in [0.1, 0.15) is 0 Å². The van der Waals surface area contributed by atoms with Crippen LogP contribution in [0.5, 0.6) is 0 Å². The van der Waals surface area contributed by atoms with Gasteiger partial charge in [0.25, 0.3) is 0 Å². The molecule has 0 aliphatic carbocycles. The van der Waals surface area contributed by atoms with Crippen LogP contribution in [0.4, 0.5) is 5.69 Å². The molecule has 0 spiro atoms. The number of nitrogen functional groups attached to an aromatic ring is 1. The van der Waals surface area contributed by atoms with E-state index in [0.717, 1.165) is 22.8 Å². The van der Waals surface area contributed by atoms with Gasteiger partial charge < -0.3 is 10.8 Å². The van der Waals surface area contributed by atoms with Gasteiger partial charge in [0.05, 0.1) is 6.10 Å². The van der Waals surface area contributed by atoms with Crippen molar-refractivity contribution in [3.63, 3.8) is 0 Å². The lowest BCUT2D eigenvalue weighted by molar-refractivity contribution is 0.192. The van der Waals surface area contributed by atoms with E-state index in [2.05, 4.69) is 0 Å². The van der Waals surface area contributed by atoms with E-state index in [1.807, 2.05) is 6.07 Å². The van der Waals surface area contributed by atoms with Crippen LogP contribution < -0.4 is 5.73 Å². The van der Waals surface area contributed by atoms with Crippen molar-refractivity contribution >= 4 is 29.1 Å². The molecular formula is C10H14ClNOS. The second-order valence-corrected chi connectivity index (χ2v) is 4.74. The van der Waals surface area contributed by atoms with Crippen molar-refractivity contribution in [1.82, 2.24) is 0 Å². The lowest BCUT2D eigenvalue weighted by Crippen LogP contribution is -2.00. The number of hydrogen-bond acceptors (Lipinski definition) is 3. The fourth-order valence-electron chi connectivity index (χ4n) is 0.973. The molecule has 3 N–H and O–H groups in total. The van der Waals surface area contributed by atoms with Crippen molar-refractivity contribution in [3.05, 3.63) is 23.2 Å². The molecule has 0 saturated carbocycles.